The molecule has 1 aliphatic heterocycles. The molecular weight excluding hydrogens is 421 g/mol. The van der Waals surface area contributed by atoms with Gasteiger partial charge in [-0.25, -0.2) is 4.98 Å². The summed E-state index contributed by atoms with van der Waals surface area (Å²) in [5, 5.41) is 13.8. The predicted octanol–water partition coefficient (Wildman–Crippen LogP) is 4.95. The molecule has 0 unspecified atom stereocenters. The molecule has 156 valence electrons. The molecule has 30 heavy (non-hydrogen) atoms. The maximum Gasteiger partial charge on any atom is 0.218 e. The Bertz CT molecular complexity index is 1070. The lowest BCUT2D eigenvalue weighted by Crippen LogP contribution is -2.49. The van der Waals surface area contributed by atoms with Crippen LogP contribution >= 0.6 is 23.2 Å². The van der Waals surface area contributed by atoms with Gasteiger partial charge in [0.2, 0.25) is 5.88 Å². The van der Waals surface area contributed by atoms with E-state index < -0.39 is 0 Å². The maximum absolute atomic E-state index is 9.50. The van der Waals surface area contributed by atoms with E-state index in [2.05, 4.69) is 10.2 Å². The third kappa shape index (κ3) is 3.98. The van der Waals surface area contributed by atoms with Gasteiger partial charge in [0.25, 0.3) is 0 Å². The van der Waals surface area contributed by atoms with Crippen molar-refractivity contribution in [3.63, 3.8) is 0 Å². The van der Waals surface area contributed by atoms with Crippen LogP contribution in [0.15, 0.2) is 48.5 Å². The average Bonchev–Trinajstić information content (AvgIpc) is 2.73. The molecule has 0 atom stereocenters. The topological polar surface area (TPSA) is 57.6 Å². The zero-order valence-corrected chi connectivity index (χ0v) is 18.3. The minimum absolute atomic E-state index is 0.238. The van der Waals surface area contributed by atoms with E-state index in [-0.39, 0.29) is 6.10 Å². The standard InChI is InChI=1S/C23H23Cl2N3O2/c1-26-20-8-4-6-17(22(20)25)16-5-3-7-18(21(16)24)19-10-9-14(23(27-19)30-2)11-28-12-15(29)13-28/h3-10,15,26,29H,11-13H2,1-2H3. The quantitative estimate of drug-likeness (QED) is 0.564. The summed E-state index contributed by atoms with van der Waals surface area (Å²) in [4.78, 5) is 6.85. The first kappa shape index (κ1) is 20.9. The highest BCUT2D eigenvalue weighted by Crippen LogP contribution is 2.41. The Morgan fingerprint density at radius 2 is 1.70 bits per heavy atom. The lowest BCUT2D eigenvalue weighted by molar-refractivity contribution is -0.00330. The van der Waals surface area contributed by atoms with Crippen LogP contribution in [0.3, 0.4) is 0 Å². The van der Waals surface area contributed by atoms with Crippen molar-refractivity contribution in [3.8, 4) is 28.3 Å². The second-order valence-corrected chi connectivity index (χ2v) is 8.05. The lowest BCUT2D eigenvalue weighted by atomic mass is 10.00. The van der Waals surface area contributed by atoms with Crippen LogP contribution in [0.4, 0.5) is 5.69 Å². The number of halogens is 2. The van der Waals surface area contributed by atoms with E-state index >= 15 is 0 Å². The van der Waals surface area contributed by atoms with Crippen LogP contribution in [0, 0.1) is 0 Å². The molecule has 1 fully saturated rings. The molecule has 2 N–H and O–H groups in total. The molecule has 0 aliphatic carbocycles. The van der Waals surface area contributed by atoms with Crippen LogP contribution in [0.25, 0.3) is 22.4 Å². The number of benzene rings is 2. The van der Waals surface area contributed by atoms with Crippen LogP contribution in [0.1, 0.15) is 5.56 Å². The number of β-amino-alcohol motifs (C(OH)–C–C–N with tert-alkyl or cyclic N) is 1. The normalized spacial score (nSPS) is 14.4. The van der Waals surface area contributed by atoms with Gasteiger partial charge in [0.1, 0.15) is 0 Å². The minimum atomic E-state index is -0.238. The largest absolute Gasteiger partial charge is 0.481 e. The summed E-state index contributed by atoms with van der Waals surface area (Å²) >= 11 is 13.4. The number of aromatic nitrogens is 1. The van der Waals surface area contributed by atoms with E-state index in [1.165, 1.54) is 0 Å². The maximum atomic E-state index is 9.50. The summed E-state index contributed by atoms with van der Waals surface area (Å²) < 4.78 is 5.54. The van der Waals surface area contributed by atoms with Gasteiger partial charge in [-0.15, -0.1) is 0 Å². The van der Waals surface area contributed by atoms with Gasteiger partial charge >= 0.3 is 0 Å². The first-order chi connectivity index (χ1) is 14.5. The number of hydrogen-bond acceptors (Lipinski definition) is 5. The minimum Gasteiger partial charge on any atom is -0.481 e. The van der Waals surface area contributed by atoms with Crippen LogP contribution in [-0.2, 0) is 6.54 Å². The fraction of sp³-hybridized carbons (Fsp3) is 0.261. The summed E-state index contributed by atoms with van der Waals surface area (Å²) in [6.45, 7) is 2.03. The molecule has 7 heteroatoms. The highest BCUT2D eigenvalue weighted by Gasteiger charge is 2.25. The molecule has 0 radical (unpaired) electrons. The number of nitrogens with one attached hydrogen (secondary N) is 1. The van der Waals surface area contributed by atoms with Gasteiger partial charge < -0.3 is 15.2 Å². The molecular formula is C23H23Cl2N3O2. The number of aliphatic hydroxyl groups is 1. The molecule has 5 nitrogen and oxygen atoms in total. The average molecular weight is 444 g/mol. The first-order valence-corrected chi connectivity index (χ1v) is 10.5. The molecule has 3 aromatic rings. The SMILES string of the molecule is CNc1cccc(-c2cccc(-c3ccc(CN4CC(O)C4)c(OC)n3)c2Cl)c1Cl. The number of likely N-dealkylation sites (tertiary alicyclic amines) is 1. The van der Waals surface area contributed by atoms with E-state index in [4.69, 9.17) is 32.9 Å². The number of aliphatic hydroxyl groups excluding tert-OH is 1. The van der Waals surface area contributed by atoms with E-state index in [1.807, 2.05) is 55.6 Å². The van der Waals surface area contributed by atoms with Crippen molar-refractivity contribution >= 4 is 28.9 Å². The number of anilines is 1. The van der Waals surface area contributed by atoms with Crippen molar-refractivity contribution in [1.82, 2.24) is 9.88 Å². The molecule has 0 saturated carbocycles. The van der Waals surface area contributed by atoms with E-state index in [9.17, 15) is 5.11 Å². The van der Waals surface area contributed by atoms with E-state index in [1.54, 1.807) is 7.11 Å². The molecule has 0 spiro atoms. The summed E-state index contributed by atoms with van der Waals surface area (Å²) in [6.07, 6.45) is -0.238. The number of hydrogen-bond donors (Lipinski definition) is 2. The van der Waals surface area contributed by atoms with E-state index in [0.29, 0.717) is 35.6 Å². The fourth-order valence-corrected chi connectivity index (χ4v) is 4.35. The highest BCUT2D eigenvalue weighted by atomic mass is 35.5. The van der Waals surface area contributed by atoms with Gasteiger partial charge in [-0.2, -0.15) is 0 Å². The molecule has 1 saturated heterocycles. The van der Waals surface area contributed by atoms with Crippen molar-refractivity contribution in [2.24, 2.45) is 0 Å². The third-order valence-corrected chi connectivity index (χ3v) is 6.11. The molecule has 1 aromatic heterocycles. The Morgan fingerprint density at radius 1 is 1.03 bits per heavy atom. The molecule has 4 rings (SSSR count). The number of ether oxygens (including phenoxy) is 1. The molecule has 0 bridgehead atoms. The number of rotatable bonds is 6. The zero-order valence-electron chi connectivity index (χ0n) is 16.8. The monoisotopic (exact) mass is 443 g/mol. The molecule has 1 aliphatic rings. The van der Waals surface area contributed by atoms with Crippen LogP contribution in [-0.4, -0.2) is 48.3 Å². The number of pyridine rings is 1. The Labute approximate surface area is 186 Å². The first-order valence-electron chi connectivity index (χ1n) is 9.71. The Kier molecular flexibility index (Phi) is 6.16. The number of methoxy groups -OCH3 is 1. The van der Waals surface area contributed by atoms with Crippen molar-refractivity contribution in [2.75, 3.05) is 32.6 Å². The third-order valence-electron chi connectivity index (χ3n) is 5.30. The Morgan fingerprint density at radius 3 is 2.37 bits per heavy atom. The van der Waals surface area contributed by atoms with Crippen molar-refractivity contribution in [3.05, 3.63) is 64.1 Å². The van der Waals surface area contributed by atoms with Gasteiger partial charge in [0.05, 0.1) is 34.6 Å². The van der Waals surface area contributed by atoms with Crippen molar-refractivity contribution < 1.29 is 9.84 Å². The Balaban J connectivity index is 1.70. The molecule has 0 amide bonds. The highest BCUT2D eigenvalue weighted by molar-refractivity contribution is 6.39. The van der Waals surface area contributed by atoms with Crippen LogP contribution < -0.4 is 10.1 Å². The van der Waals surface area contributed by atoms with Gasteiger partial charge in [-0.1, -0.05) is 59.6 Å². The van der Waals surface area contributed by atoms with Gasteiger partial charge in [0, 0.05) is 48.9 Å². The van der Waals surface area contributed by atoms with Crippen LogP contribution in [0.2, 0.25) is 10.0 Å². The summed E-state index contributed by atoms with van der Waals surface area (Å²) in [5.41, 5.74) is 5.06. The van der Waals surface area contributed by atoms with Crippen molar-refractivity contribution in [1.29, 1.82) is 0 Å². The van der Waals surface area contributed by atoms with Gasteiger partial charge in [0.15, 0.2) is 0 Å². The predicted molar refractivity (Wildman–Crippen MR) is 123 cm³/mol. The molecule has 2 aromatic carbocycles. The second-order valence-electron chi connectivity index (χ2n) is 7.30. The van der Waals surface area contributed by atoms with Crippen LogP contribution in [0.5, 0.6) is 5.88 Å². The fourth-order valence-electron chi connectivity index (χ4n) is 3.70. The van der Waals surface area contributed by atoms with Gasteiger partial charge in [-0.05, 0) is 12.1 Å². The summed E-state index contributed by atoms with van der Waals surface area (Å²) in [7, 11) is 3.45. The Hall–Kier alpha value is -2.31. The number of nitrogens with zero attached hydrogens (tertiary/aromatic N) is 2. The molecule has 2 heterocycles. The second kappa shape index (κ2) is 8.82. The van der Waals surface area contributed by atoms with Crippen molar-refractivity contribution in [2.45, 2.75) is 12.6 Å². The summed E-state index contributed by atoms with van der Waals surface area (Å²) in [5.74, 6) is 0.561. The van der Waals surface area contributed by atoms with E-state index in [0.717, 1.165) is 33.6 Å². The van der Waals surface area contributed by atoms with Gasteiger partial charge in [-0.3, -0.25) is 4.90 Å². The lowest BCUT2D eigenvalue weighted by Gasteiger charge is -2.35. The summed E-state index contributed by atoms with van der Waals surface area (Å²) in [6, 6.07) is 15.6. The smallest absolute Gasteiger partial charge is 0.218 e. The zero-order chi connectivity index (χ0) is 21.3.